The van der Waals surface area contributed by atoms with Crippen LogP contribution in [0.25, 0.3) is 6.08 Å². The summed E-state index contributed by atoms with van der Waals surface area (Å²) in [5.41, 5.74) is 1.82. The molecule has 1 N–H and O–H groups in total. The average Bonchev–Trinajstić information content (AvgIpc) is 2.81. The fourth-order valence-electron chi connectivity index (χ4n) is 3.47. The van der Waals surface area contributed by atoms with E-state index in [1.54, 1.807) is 30.3 Å². The lowest BCUT2D eigenvalue weighted by molar-refractivity contribution is -0.111. The van der Waals surface area contributed by atoms with E-state index in [1.165, 1.54) is 28.6 Å². The average molecular weight is 462 g/mol. The Morgan fingerprint density at radius 3 is 2.41 bits per heavy atom. The molecule has 1 amide bonds. The van der Waals surface area contributed by atoms with E-state index < -0.39 is 15.9 Å². The predicted molar refractivity (Wildman–Crippen MR) is 124 cm³/mol. The normalized spacial score (nSPS) is 15.1. The molecule has 1 saturated heterocycles. The molecular formula is C23H28FN3O4S. The number of hydrogen-bond acceptors (Lipinski definition) is 5. The molecule has 3 rings (SSSR count). The molecule has 9 heteroatoms. The molecule has 2 aromatic rings. The van der Waals surface area contributed by atoms with Crippen LogP contribution in [0.1, 0.15) is 19.4 Å². The Bertz CT molecular complexity index is 1060. The molecule has 0 bridgehead atoms. The molecule has 0 aliphatic carbocycles. The van der Waals surface area contributed by atoms with Crippen LogP contribution in [0, 0.1) is 5.82 Å². The molecule has 1 fully saturated rings. The molecule has 2 aromatic carbocycles. The summed E-state index contributed by atoms with van der Waals surface area (Å²) in [5.74, 6) is -0.766. The lowest BCUT2D eigenvalue weighted by Gasteiger charge is -2.28. The maximum atomic E-state index is 13.1. The van der Waals surface area contributed by atoms with Crippen molar-refractivity contribution in [1.29, 1.82) is 0 Å². The molecule has 1 heterocycles. The highest BCUT2D eigenvalue weighted by Gasteiger charge is 2.27. The first-order valence-electron chi connectivity index (χ1n) is 10.6. The van der Waals surface area contributed by atoms with Crippen LogP contribution in [-0.2, 0) is 19.6 Å². The number of hydrogen-bond donors (Lipinski definition) is 1. The minimum atomic E-state index is -3.71. The molecule has 0 atom stereocenters. The number of benzene rings is 2. The molecule has 1 aliphatic heterocycles. The first-order valence-corrected chi connectivity index (χ1v) is 12.0. The van der Waals surface area contributed by atoms with Gasteiger partial charge in [0.25, 0.3) is 0 Å². The summed E-state index contributed by atoms with van der Waals surface area (Å²) in [4.78, 5) is 14.8. The van der Waals surface area contributed by atoms with Gasteiger partial charge in [0, 0.05) is 32.3 Å². The van der Waals surface area contributed by atoms with E-state index in [4.69, 9.17) is 4.74 Å². The molecule has 1 aliphatic rings. The van der Waals surface area contributed by atoms with Gasteiger partial charge in [0.15, 0.2) is 0 Å². The highest BCUT2D eigenvalue weighted by molar-refractivity contribution is 7.89. The maximum Gasteiger partial charge on any atom is 0.248 e. The first-order chi connectivity index (χ1) is 15.3. The standard InChI is InChI=1S/C23H28FN3O4S/c1-3-26(4-2)22-11-10-20(32(29,30)27-13-15-31-16-14-27)17-21(22)25-23(28)12-7-18-5-8-19(24)9-6-18/h5-12,17H,3-4,13-16H2,1-2H3,(H,25,28). The number of nitrogens with one attached hydrogen (secondary N) is 1. The zero-order valence-electron chi connectivity index (χ0n) is 18.3. The van der Waals surface area contributed by atoms with Gasteiger partial charge in [-0.2, -0.15) is 4.31 Å². The van der Waals surface area contributed by atoms with E-state index in [0.717, 1.165) is 5.69 Å². The monoisotopic (exact) mass is 461 g/mol. The largest absolute Gasteiger partial charge is 0.379 e. The highest BCUT2D eigenvalue weighted by atomic mass is 32.2. The number of ether oxygens (including phenoxy) is 1. The Morgan fingerprint density at radius 1 is 1.12 bits per heavy atom. The lowest BCUT2D eigenvalue weighted by atomic mass is 10.2. The topological polar surface area (TPSA) is 79.0 Å². The van der Waals surface area contributed by atoms with Gasteiger partial charge in [-0.15, -0.1) is 0 Å². The first kappa shape index (κ1) is 23.9. The summed E-state index contributed by atoms with van der Waals surface area (Å²) < 4.78 is 45.9. The van der Waals surface area contributed by atoms with Crippen molar-refractivity contribution in [3.8, 4) is 0 Å². The third-order valence-electron chi connectivity index (χ3n) is 5.24. The molecule has 0 radical (unpaired) electrons. The fourth-order valence-corrected chi connectivity index (χ4v) is 4.91. The second-order valence-electron chi connectivity index (χ2n) is 7.24. The van der Waals surface area contributed by atoms with Crippen molar-refractivity contribution in [2.45, 2.75) is 18.7 Å². The van der Waals surface area contributed by atoms with Crippen molar-refractivity contribution in [1.82, 2.24) is 4.31 Å². The van der Waals surface area contributed by atoms with Gasteiger partial charge in [-0.25, -0.2) is 12.8 Å². The van der Waals surface area contributed by atoms with Gasteiger partial charge >= 0.3 is 0 Å². The maximum absolute atomic E-state index is 13.1. The van der Waals surface area contributed by atoms with Crippen LogP contribution in [0.2, 0.25) is 0 Å². The van der Waals surface area contributed by atoms with Gasteiger partial charge in [-0.05, 0) is 55.8 Å². The molecule has 0 spiro atoms. The van der Waals surface area contributed by atoms with Gasteiger partial charge in [0.05, 0.1) is 29.5 Å². The number of carbonyl (C=O) groups excluding carboxylic acids is 1. The van der Waals surface area contributed by atoms with Gasteiger partial charge < -0.3 is 15.0 Å². The van der Waals surface area contributed by atoms with Crippen LogP contribution < -0.4 is 10.2 Å². The second-order valence-corrected chi connectivity index (χ2v) is 9.18. The summed E-state index contributed by atoms with van der Waals surface area (Å²) in [6.45, 7) is 6.66. The van der Waals surface area contributed by atoms with Crippen molar-refractivity contribution in [2.24, 2.45) is 0 Å². The minimum absolute atomic E-state index is 0.119. The van der Waals surface area contributed by atoms with Crippen LogP contribution in [-0.4, -0.2) is 58.0 Å². The summed E-state index contributed by atoms with van der Waals surface area (Å²) in [7, 11) is -3.71. The summed E-state index contributed by atoms with van der Waals surface area (Å²) in [5, 5.41) is 2.81. The van der Waals surface area contributed by atoms with Crippen molar-refractivity contribution in [2.75, 3.05) is 49.6 Å². The van der Waals surface area contributed by atoms with Gasteiger partial charge in [0.1, 0.15) is 5.82 Å². The van der Waals surface area contributed by atoms with Crippen molar-refractivity contribution in [3.63, 3.8) is 0 Å². The number of sulfonamides is 1. The zero-order chi connectivity index (χ0) is 23.1. The number of morpholine rings is 1. The van der Waals surface area contributed by atoms with Crippen molar-refractivity contribution in [3.05, 3.63) is 59.9 Å². The molecule has 0 aromatic heterocycles. The van der Waals surface area contributed by atoms with Crippen molar-refractivity contribution >= 4 is 33.4 Å². The molecule has 172 valence electrons. The van der Waals surface area contributed by atoms with E-state index in [0.29, 0.717) is 50.6 Å². The van der Waals surface area contributed by atoms with Crippen molar-refractivity contribution < 1.29 is 22.3 Å². The van der Waals surface area contributed by atoms with Gasteiger partial charge in [-0.3, -0.25) is 4.79 Å². The number of halogens is 1. The number of rotatable bonds is 8. The Balaban J connectivity index is 1.89. The van der Waals surface area contributed by atoms with Crippen LogP contribution in [0.15, 0.2) is 53.4 Å². The van der Waals surface area contributed by atoms with E-state index in [2.05, 4.69) is 5.32 Å². The summed E-state index contributed by atoms with van der Waals surface area (Å²) in [6.07, 6.45) is 2.91. The van der Waals surface area contributed by atoms with E-state index in [1.807, 2.05) is 18.7 Å². The SMILES string of the molecule is CCN(CC)c1ccc(S(=O)(=O)N2CCOCC2)cc1NC(=O)C=Cc1ccc(F)cc1. The number of amides is 1. The number of anilines is 2. The number of nitrogens with zero attached hydrogens (tertiary/aromatic N) is 2. The molecular weight excluding hydrogens is 433 g/mol. The smallest absolute Gasteiger partial charge is 0.248 e. The molecule has 0 saturated carbocycles. The minimum Gasteiger partial charge on any atom is -0.379 e. The quantitative estimate of drug-likeness (QED) is 0.610. The van der Waals surface area contributed by atoms with Crippen LogP contribution in [0.3, 0.4) is 0 Å². The molecule has 0 unspecified atom stereocenters. The third kappa shape index (κ3) is 5.73. The highest BCUT2D eigenvalue weighted by Crippen LogP contribution is 2.30. The third-order valence-corrected chi connectivity index (χ3v) is 7.13. The fraction of sp³-hybridized carbons (Fsp3) is 0.348. The predicted octanol–water partition coefficient (Wildman–Crippen LogP) is 3.34. The van der Waals surface area contributed by atoms with E-state index in [-0.39, 0.29) is 10.7 Å². The Labute approximate surface area is 188 Å². The molecule has 7 nitrogen and oxygen atoms in total. The number of carbonyl (C=O) groups is 1. The Morgan fingerprint density at radius 2 is 1.78 bits per heavy atom. The van der Waals surface area contributed by atoms with E-state index in [9.17, 15) is 17.6 Å². The second kappa shape index (κ2) is 10.7. The van der Waals surface area contributed by atoms with Gasteiger partial charge in [0.2, 0.25) is 15.9 Å². The van der Waals surface area contributed by atoms with Crippen LogP contribution >= 0.6 is 0 Å². The molecule has 32 heavy (non-hydrogen) atoms. The van der Waals surface area contributed by atoms with Crippen LogP contribution in [0.5, 0.6) is 0 Å². The van der Waals surface area contributed by atoms with E-state index >= 15 is 0 Å². The zero-order valence-corrected chi connectivity index (χ0v) is 19.1. The summed E-state index contributed by atoms with van der Waals surface area (Å²) in [6, 6.07) is 10.6. The Hall–Kier alpha value is -2.75. The lowest BCUT2D eigenvalue weighted by Crippen LogP contribution is -2.40. The van der Waals surface area contributed by atoms with Gasteiger partial charge in [-0.1, -0.05) is 12.1 Å². The Kier molecular flexibility index (Phi) is 8.00. The van der Waals surface area contributed by atoms with Crippen LogP contribution in [0.4, 0.5) is 15.8 Å². The summed E-state index contributed by atoms with van der Waals surface area (Å²) >= 11 is 0.